The Morgan fingerprint density at radius 1 is 1.11 bits per heavy atom. The van der Waals surface area contributed by atoms with Crippen molar-refractivity contribution in [3.63, 3.8) is 0 Å². The van der Waals surface area contributed by atoms with Gasteiger partial charge in [0.25, 0.3) is 0 Å². The summed E-state index contributed by atoms with van der Waals surface area (Å²) in [5.41, 5.74) is 5.15. The molecule has 144 valence electrons. The van der Waals surface area contributed by atoms with Gasteiger partial charge in [0.05, 0.1) is 12.8 Å². The van der Waals surface area contributed by atoms with Crippen LogP contribution < -0.4 is 9.64 Å². The molecule has 0 saturated carbocycles. The zero-order chi connectivity index (χ0) is 19.6. The van der Waals surface area contributed by atoms with Crippen LogP contribution in [0.15, 0.2) is 18.2 Å². The van der Waals surface area contributed by atoms with Crippen LogP contribution in [0, 0.1) is 20.8 Å². The van der Waals surface area contributed by atoms with Gasteiger partial charge in [0, 0.05) is 18.7 Å². The van der Waals surface area contributed by atoms with Crippen molar-refractivity contribution >= 4 is 11.6 Å². The van der Waals surface area contributed by atoms with Crippen molar-refractivity contribution < 1.29 is 4.74 Å². The van der Waals surface area contributed by atoms with Crippen LogP contribution in [0.1, 0.15) is 43.8 Å². The molecule has 0 radical (unpaired) electrons. The summed E-state index contributed by atoms with van der Waals surface area (Å²) in [6.45, 7) is 12.3. The Hall–Kier alpha value is -2.63. The van der Waals surface area contributed by atoms with Crippen LogP contribution in [0.3, 0.4) is 0 Å². The van der Waals surface area contributed by atoms with Gasteiger partial charge in [-0.25, -0.2) is 4.98 Å². The first-order chi connectivity index (χ1) is 13.0. The number of fused-ring (bicyclic) bond motifs is 1. The molecule has 0 unspecified atom stereocenters. The number of benzene rings is 1. The third kappa shape index (κ3) is 3.61. The van der Waals surface area contributed by atoms with Crippen molar-refractivity contribution in [3.8, 4) is 16.9 Å². The van der Waals surface area contributed by atoms with E-state index in [2.05, 4.69) is 31.7 Å². The SMILES string of the molecule is CCCCN(CC)c1nc(C)nc2c(-c3ccc(OC)cc3C)c(C)nn12. The summed E-state index contributed by atoms with van der Waals surface area (Å²) < 4.78 is 7.26. The van der Waals surface area contributed by atoms with Gasteiger partial charge in [-0.1, -0.05) is 19.4 Å². The second-order valence-corrected chi connectivity index (χ2v) is 6.88. The molecule has 0 atom stereocenters. The number of hydrogen-bond donors (Lipinski definition) is 0. The minimum Gasteiger partial charge on any atom is -0.497 e. The maximum Gasteiger partial charge on any atom is 0.230 e. The number of aromatic nitrogens is 4. The Balaban J connectivity index is 2.20. The molecular formula is C21H29N5O. The number of hydrogen-bond acceptors (Lipinski definition) is 5. The molecule has 3 rings (SSSR count). The highest BCUT2D eigenvalue weighted by molar-refractivity contribution is 5.82. The monoisotopic (exact) mass is 367 g/mol. The number of aryl methyl sites for hydroxylation is 3. The van der Waals surface area contributed by atoms with E-state index < -0.39 is 0 Å². The van der Waals surface area contributed by atoms with E-state index in [1.807, 2.05) is 30.5 Å². The van der Waals surface area contributed by atoms with Crippen molar-refractivity contribution in [2.45, 2.75) is 47.5 Å². The van der Waals surface area contributed by atoms with E-state index in [0.717, 1.165) is 71.5 Å². The van der Waals surface area contributed by atoms with Gasteiger partial charge in [0.1, 0.15) is 11.6 Å². The molecule has 3 aromatic rings. The molecule has 0 aliphatic heterocycles. The van der Waals surface area contributed by atoms with Gasteiger partial charge >= 0.3 is 0 Å². The lowest BCUT2D eigenvalue weighted by Crippen LogP contribution is -2.28. The predicted octanol–water partition coefficient (Wildman–Crippen LogP) is 4.35. The average molecular weight is 367 g/mol. The van der Waals surface area contributed by atoms with Crippen molar-refractivity contribution in [3.05, 3.63) is 35.3 Å². The molecule has 2 heterocycles. The smallest absolute Gasteiger partial charge is 0.230 e. The third-order valence-electron chi connectivity index (χ3n) is 4.90. The highest BCUT2D eigenvalue weighted by Gasteiger charge is 2.20. The van der Waals surface area contributed by atoms with Crippen molar-refractivity contribution in [2.75, 3.05) is 25.1 Å². The zero-order valence-corrected chi connectivity index (χ0v) is 17.2. The Labute approximate surface area is 161 Å². The molecule has 0 aliphatic carbocycles. The molecular weight excluding hydrogens is 338 g/mol. The quantitative estimate of drug-likeness (QED) is 0.621. The van der Waals surface area contributed by atoms with E-state index in [-0.39, 0.29) is 0 Å². The standard InChI is InChI=1S/C21H29N5O/c1-7-9-12-25(8-2)21-23-16(5)22-20-19(15(4)24-26(20)21)18-11-10-17(27-6)13-14(18)3/h10-11,13H,7-9,12H2,1-6H3. The first-order valence-corrected chi connectivity index (χ1v) is 9.64. The summed E-state index contributed by atoms with van der Waals surface area (Å²) in [5.74, 6) is 2.49. The Morgan fingerprint density at radius 2 is 1.89 bits per heavy atom. The van der Waals surface area contributed by atoms with Crippen LogP contribution in [0.5, 0.6) is 5.75 Å². The summed E-state index contributed by atoms with van der Waals surface area (Å²) in [7, 11) is 1.69. The minimum absolute atomic E-state index is 0.764. The van der Waals surface area contributed by atoms with Crippen LogP contribution in [0.4, 0.5) is 5.95 Å². The van der Waals surface area contributed by atoms with E-state index >= 15 is 0 Å². The van der Waals surface area contributed by atoms with Gasteiger partial charge in [-0.15, -0.1) is 0 Å². The first-order valence-electron chi connectivity index (χ1n) is 9.64. The van der Waals surface area contributed by atoms with E-state index in [9.17, 15) is 0 Å². The summed E-state index contributed by atoms with van der Waals surface area (Å²) in [6, 6.07) is 6.12. The Bertz CT molecular complexity index is 947. The fourth-order valence-corrected chi connectivity index (χ4v) is 3.44. The molecule has 0 fully saturated rings. The topological polar surface area (TPSA) is 55.5 Å². The predicted molar refractivity (Wildman–Crippen MR) is 110 cm³/mol. The number of anilines is 1. The molecule has 0 saturated heterocycles. The molecule has 0 spiro atoms. The van der Waals surface area contributed by atoms with Gasteiger partial charge in [0.15, 0.2) is 5.65 Å². The van der Waals surface area contributed by atoms with Gasteiger partial charge in [-0.05, 0) is 57.4 Å². The molecule has 0 bridgehead atoms. The number of methoxy groups -OCH3 is 1. The van der Waals surface area contributed by atoms with Gasteiger partial charge in [0.2, 0.25) is 5.95 Å². The number of ether oxygens (including phenoxy) is 1. The van der Waals surface area contributed by atoms with Gasteiger partial charge in [-0.3, -0.25) is 0 Å². The summed E-state index contributed by atoms with van der Waals surface area (Å²) in [4.78, 5) is 11.7. The largest absolute Gasteiger partial charge is 0.497 e. The normalized spacial score (nSPS) is 11.2. The highest BCUT2D eigenvalue weighted by atomic mass is 16.5. The summed E-state index contributed by atoms with van der Waals surface area (Å²) >= 11 is 0. The van der Waals surface area contributed by atoms with Crippen LogP contribution >= 0.6 is 0 Å². The van der Waals surface area contributed by atoms with E-state index in [0.29, 0.717) is 0 Å². The molecule has 6 heteroatoms. The lowest BCUT2D eigenvalue weighted by atomic mass is 10.0. The third-order valence-corrected chi connectivity index (χ3v) is 4.90. The van der Waals surface area contributed by atoms with Gasteiger partial charge in [-0.2, -0.15) is 14.6 Å². The second kappa shape index (κ2) is 7.94. The summed E-state index contributed by atoms with van der Waals surface area (Å²) in [5, 5.41) is 4.81. The molecule has 0 aliphatic rings. The Morgan fingerprint density at radius 3 is 2.52 bits per heavy atom. The fourth-order valence-electron chi connectivity index (χ4n) is 3.44. The maximum absolute atomic E-state index is 5.35. The van der Waals surface area contributed by atoms with Crippen molar-refractivity contribution in [2.24, 2.45) is 0 Å². The van der Waals surface area contributed by atoms with Crippen molar-refractivity contribution in [1.82, 2.24) is 19.6 Å². The fraction of sp³-hybridized carbons (Fsp3) is 0.476. The van der Waals surface area contributed by atoms with Gasteiger partial charge < -0.3 is 9.64 Å². The first kappa shape index (κ1) is 19.1. The lowest BCUT2D eigenvalue weighted by Gasteiger charge is -2.22. The minimum atomic E-state index is 0.764. The van der Waals surface area contributed by atoms with E-state index in [1.54, 1.807) is 7.11 Å². The summed E-state index contributed by atoms with van der Waals surface area (Å²) in [6.07, 6.45) is 2.28. The molecule has 0 N–H and O–H groups in total. The molecule has 6 nitrogen and oxygen atoms in total. The van der Waals surface area contributed by atoms with Crippen LogP contribution in [0.25, 0.3) is 16.8 Å². The maximum atomic E-state index is 5.35. The van der Waals surface area contributed by atoms with E-state index in [1.165, 1.54) is 0 Å². The number of nitrogens with zero attached hydrogens (tertiary/aromatic N) is 5. The molecule has 1 aromatic carbocycles. The second-order valence-electron chi connectivity index (χ2n) is 6.88. The number of rotatable bonds is 7. The zero-order valence-electron chi connectivity index (χ0n) is 17.2. The van der Waals surface area contributed by atoms with Crippen LogP contribution in [-0.2, 0) is 0 Å². The lowest BCUT2D eigenvalue weighted by molar-refractivity contribution is 0.414. The van der Waals surface area contributed by atoms with Crippen LogP contribution in [0.2, 0.25) is 0 Å². The molecule has 27 heavy (non-hydrogen) atoms. The molecule has 0 amide bonds. The van der Waals surface area contributed by atoms with Crippen molar-refractivity contribution in [1.29, 1.82) is 0 Å². The highest BCUT2D eigenvalue weighted by Crippen LogP contribution is 2.33. The number of unbranched alkanes of at least 4 members (excludes halogenated alkanes) is 1. The Kier molecular flexibility index (Phi) is 5.63. The van der Waals surface area contributed by atoms with Crippen LogP contribution in [-0.4, -0.2) is 39.8 Å². The molecule has 2 aromatic heterocycles. The van der Waals surface area contributed by atoms with E-state index in [4.69, 9.17) is 19.8 Å². The average Bonchev–Trinajstić information content (AvgIpc) is 2.97.